The molecule has 0 radical (unpaired) electrons. The van der Waals surface area contributed by atoms with Crippen molar-refractivity contribution in [2.75, 3.05) is 0 Å². The summed E-state index contributed by atoms with van der Waals surface area (Å²) in [6.45, 7) is 0. The summed E-state index contributed by atoms with van der Waals surface area (Å²) in [6.07, 6.45) is 3.36. The monoisotopic (exact) mass is 326 g/mol. The van der Waals surface area contributed by atoms with Gasteiger partial charge in [0, 0.05) is 16.8 Å². The third-order valence-corrected chi connectivity index (χ3v) is 4.28. The van der Waals surface area contributed by atoms with Crippen LogP contribution in [-0.2, 0) is 4.79 Å². The van der Waals surface area contributed by atoms with E-state index in [1.165, 1.54) is 5.56 Å². The van der Waals surface area contributed by atoms with Crippen LogP contribution in [-0.4, -0.2) is 5.78 Å². The Balaban J connectivity index is 2.03. The van der Waals surface area contributed by atoms with Crippen LogP contribution in [0.2, 0.25) is 0 Å². The molecule has 1 atom stereocenters. The molecule has 0 N–H and O–H groups in total. The maximum Gasteiger partial charge on any atom is 0.156 e. The zero-order valence-electron chi connectivity index (χ0n) is 11.1. The van der Waals surface area contributed by atoms with Crippen molar-refractivity contribution in [2.45, 2.75) is 18.8 Å². The van der Waals surface area contributed by atoms with Crippen LogP contribution < -0.4 is 0 Å². The summed E-state index contributed by atoms with van der Waals surface area (Å²) in [5.74, 6) is 0.546. The van der Waals surface area contributed by atoms with Gasteiger partial charge in [-0.1, -0.05) is 58.4 Å². The average Bonchev–Trinajstić information content (AvgIpc) is 2.49. The second-order valence-electron chi connectivity index (χ2n) is 5.07. The van der Waals surface area contributed by atoms with Gasteiger partial charge in [-0.3, -0.25) is 4.79 Å². The van der Waals surface area contributed by atoms with Gasteiger partial charge >= 0.3 is 0 Å². The third-order valence-electron chi connectivity index (χ3n) is 3.75. The Morgan fingerprint density at radius 3 is 2.35 bits per heavy atom. The van der Waals surface area contributed by atoms with Gasteiger partial charge in [0.1, 0.15) is 0 Å². The molecule has 3 rings (SSSR count). The van der Waals surface area contributed by atoms with Crippen molar-refractivity contribution in [3.05, 3.63) is 76.3 Å². The minimum Gasteiger partial charge on any atom is -0.295 e. The number of benzene rings is 2. The quantitative estimate of drug-likeness (QED) is 0.760. The summed E-state index contributed by atoms with van der Waals surface area (Å²) in [5, 5.41) is 0. The van der Waals surface area contributed by atoms with Crippen LogP contribution in [0, 0.1) is 0 Å². The van der Waals surface area contributed by atoms with Gasteiger partial charge in [0.2, 0.25) is 0 Å². The maximum atomic E-state index is 11.8. The second kappa shape index (κ2) is 5.76. The number of allylic oxidation sites excluding steroid dienone is 2. The summed E-state index contributed by atoms with van der Waals surface area (Å²) in [6, 6.07) is 18.6. The second-order valence-corrected chi connectivity index (χ2v) is 5.99. The Kier molecular flexibility index (Phi) is 3.83. The molecule has 1 nitrogen and oxygen atoms in total. The van der Waals surface area contributed by atoms with Crippen LogP contribution >= 0.6 is 15.9 Å². The highest BCUT2D eigenvalue weighted by Gasteiger charge is 2.23. The number of rotatable bonds is 2. The molecule has 0 aromatic heterocycles. The first-order chi connectivity index (χ1) is 9.74. The number of hydrogen-bond donors (Lipinski definition) is 0. The summed E-state index contributed by atoms with van der Waals surface area (Å²) in [5.41, 5.74) is 3.56. The SMILES string of the molecule is O=C1C=C(c2ccc(Br)cc2)C(c2ccccc2)CC1. The van der Waals surface area contributed by atoms with Crippen LogP contribution in [0.4, 0.5) is 0 Å². The van der Waals surface area contributed by atoms with E-state index in [0.717, 1.165) is 22.0 Å². The van der Waals surface area contributed by atoms with Crippen molar-refractivity contribution >= 4 is 27.3 Å². The Labute approximate surface area is 127 Å². The predicted octanol–water partition coefficient (Wildman–Crippen LogP) is 4.98. The molecule has 20 heavy (non-hydrogen) atoms. The van der Waals surface area contributed by atoms with Gasteiger partial charge in [-0.2, -0.15) is 0 Å². The molecule has 1 aliphatic rings. The van der Waals surface area contributed by atoms with E-state index in [0.29, 0.717) is 12.3 Å². The molecule has 0 amide bonds. The molecule has 2 aromatic rings. The van der Waals surface area contributed by atoms with Crippen molar-refractivity contribution in [3.8, 4) is 0 Å². The van der Waals surface area contributed by atoms with E-state index in [1.54, 1.807) is 0 Å². The van der Waals surface area contributed by atoms with E-state index in [4.69, 9.17) is 0 Å². The largest absolute Gasteiger partial charge is 0.295 e. The fourth-order valence-electron chi connectivity index (χ4n) is 2.75. The fourth-order valence-corrected chi connectivity index (χ4v) is 3.01. The lowest BCUT2D eigenvalue weighted by molar-refractivity contribution is -0.114. The summed E-state index contributed by atoms with van der Waals surface area (Å²) in [4.78, 5) is 11.8. The Bertz CT molecular complexity index is 641. The molecule has 0 aliphatic heterocycles. The van der Waals surface area contributed by atoms with Crippen LogP contribution in [0.15, 0.2) is 65.1 Å². The average molecular weight is 327 g/mol. The van der Waals surface area contributed by atoms with Gasteiger partial charge in [-0.05, 0) is 41.3 Å². The molecule has 0 fully saturated rings. The summed E-state index contributed by atoms with van der Waals surface area (Å²) >= 11 is 3.45. The van der Waals surface area contributed by atoms with Gasteiger partial charge in [-0.25, -0.2) is 0 Å². The van der Waals surface area contributed by atoms with E-state index in [2.05, 4.69) is 52.3 Å². The first kappa shape index (κ1) is 13.3. The van der Waals surface area contributed by atoms with E-state index in [-0.39, 0.29) is 5.78 Å². The first-order valence-electron chi connectivity index (χ1n) is 6.79. The van der Waals surface area contributed by atoms with Crippen LogP contribution in [0.1, 0.15) is 29.9 Å². The Hall–Kier alpha value is -1.67. The summed E-state index contributed by atoms with van der Waals surface area (Å²) < 4.78 is 1.06. The molecular weight excluding hydrogens is 312 g/mol. The zero-order chi connectivity index (χ0) is 13.9. The van der Waals surface area contributed by atoms with Gasteiger partial charge in [-0.15, -0.1) is 0 Å². The van der Waals surface area contributed by atoms with E-state index in [9.17, 15) is 4.79 Å². The lowest BCUT2D eigenvalue weighted by Gasteiger charge is -2.24. The molecule has 0 spiro atoms. The minimum atomic E-state index is 0.232. The first-order valence-corrected chi connectivity index (χ1v) is 7.58. The zero-order valence-corrected chi connectivity index (χ0v) is 12.6. The number of hydrogen-bond acceptors (Lipinski definition) is 1. The van der Waals surface area contributed by atoms with Crippen molar-refractivity contribution in [3.63, 3.8) is 0 Å². The predicted molar refractivity (Wildman–Crippen MR) is 85.5 cm³/mol. The maximum absolute atomic E-state index is 11.8. The number of ketones is 1. The van der Waals surface area contributed by atoms with Crippen LogP contribution in [0.3, 0.4) is 0 Å². The van der Waals surface area contributed by atoms with E-state index < -0.39 is 0 Å². The normalized spacial score (nSPS) is 18.8. The van der Waals surface area contributed by atoms with E-state index in [1.807, 2.05) is 24.3 Å². The highest BCUT2D eigenvalue weighted by Crippen LogP contribution is 2.39. The molecule has 0 saturated heterocycles. The van der Waals surface area contributed by atoms with Crippen LogP contribution in [0.5, 0.6) is 0 Å². The molecular formula is C18H15BrO. The van der Waals surface area contributed by atoms with Gasteiger partial charge in [0.15, 0.2) is 5.78 Å². The van der Waals surface area contributed by atoms with E-state index >= 15 is 0 Å². The van der Waals surface area contributed by atoms with Gasteiger partial charge < -0.3 is 0 Å². The lowest BCUT2D eigenvalue weighted by atomic mass is 9.79. The highest BCUT2D eigenvalue weighted by atomic mass is 79.9. The molecule has 0 bridgehead atoms. The molecule has 0 saturated carbocycles. The third kappa shape index (κ3) is 2.75. The smallest absolute Gasteiger partial charge is 0.156 e. The lowest BCUT2D eigenvalue weighted by Crippen LogP contribution is -2.12. The number of halogens is 1. The Morgan fingerprint density at radius 1 is 0.950 bits per heavy atom. The highest BCUT2D eigenvalue weighted by molar-refractivity contribution is 9.10. The molecule has 0 heterocycles. The van der Waals surface area contributed by atoms with Crippen molar-refractivity contribution in [1.82, 2.24) is 0 Å². The van der Waals surface area contributed by atoms with Crippen molar-refractivity contribution < 1.29 is 4.79 Å². The van der Waals surface area contributed by atoms with Crippen molar-refractivity contribution in [1.29, 1.82) is 0 Å². The molecule has 1 unspecified atom stereocenters. The van der Waals surface area contributed by atoms with Gasteiger partial charge in [0.05, 0.1) is 0 Å². The molecule has 1 aliphatic carbocycles. The molecule has 2 aromatic carbocycles. The minimum absolute atomic E-state index is 0.232. The molecule has 100 valence electrons. The number of carbonyl (C=O) groups excluding carboxylic acids is 1. The molecule has 2 heteroatoms. The van der Waals surface area contributed by atoms with Crippen LogP contribution in [0.25, 0.3) is 5.57 Å². The standard InChI is InChI=1S/C18H15BrO/c19-15-8-6-14(7-9-15)18-12-16(20)10-11-17(18)13-4-2-1-3-5-13/h1-9,12,17H,10-11H2. The number of carbonyl (C=O) groups is 1. The Morgan fingerprint density at radius 2 is 1.65 bits per heavy atom. The van der Waals surface area contributed by atoms with Crippen molar-refractivity contribution in [2.24, 2.45) is 0 Å². The fraction of sp³-hybridized carbons (Fsp3) is 0.167. The summed E-state index contributed by atoms with van der Waals surface area (Å²) in [7, 11) is 0. The topological polar surface area (TPSA) is 17.1 Å². The van der Waals surface area contributed by atoms with Gasteiger partial charge in [0.25, 0.3) is 0 Å².